The third-order valence-electron chi connectivity index (χ3n) is 3.72. The largest absolute Gasteiger partial charge is 0.382 e. The van der Waals surface area contributed by atoms with Crippen molar-refractivity contribution >= 4 is 11.8 Å². The molecule has 1 aliphatic heterocycles. The quantitative estimate of drug-likeness (QED) is 0.914. The first kappa shape index (κ1) is 13.4. The van der Waals surface area contributed by atoms with Crippen LogP contribution in [0.4, 0.5) is 11.8 Å². The lowest BCUT2D eigenvalue weighted by Crippen LogP contribution is -2.31. The van der Waals surface area contributed by atoms with Crippen LogP contribution in [0.25, 0.3) is 11.3 Å². The molecule has 1 aromatic carbocycles. The van der Waals surface area contributed by atoms with Crippen LogP contribution >= 0.6 is 0 Å². The fourth-order valence-electron chi connectivity index (χ4n) is 2.62. The lowest BCUT2D eigenvalue weighted by Gasteiger charge is -2.27. The molecule has 5 nitrogen and oxygen atoms in total. The average Bonchev–Trinajstić information content (AvgIpc) is 2.55. The first-order chi connectivity index (χ1) is 10.3. The van der Waals surface area contributed by atoms with Gasteiger partial charge in [-0.05, 0) is 19.3 Å². The smallest absolute Gasteiger partial charge is 0.227 e. The Labute approximate surface area is 124 Å². The van der Waals surface area contributed by atoms with Gasteiger partial charge in [-0.1, -0.05) is 30.3 Å². The Morgan fingerprint density at radius 3 is 2.43 bits per heavy atom. The van der Waals surface area contributed by atoms with Crippen molar-refractivity contribution in [3.63, 3.8) is 0 Å². The van der Waals surface area contributed by atoms with Crippen LogP contribution in [0.5, 0.6) is 0 Å². The van der Waals surface area contributed by atoms with E-state index in [1.165, 1.54) is 6.42 Å². The number of nitriles is 1. The zero-order valence-corrected chi connectivity index (χ0v) is 11.8. The van der Waals surface area contributed by atoms with Crippen LogP contribution in [-0.2, 0) is 0 Å². The molecule has 2 heterocycles. The highest BCUT2D eigenvalue weighted by Gasteiger charge is 2.19. The SMILES string of the molecule is N#Cc1c(N)nc(N2CCCCC2)nc1-c1ccccc1. The van der Waals surface area contributed by atoms with E-state index in [-0.39, 0.29) is 5.82 Å². The molecule has 3 rings (SSSR count). The van der Waals surface area contributed by atoms with Crippen LogP contribution in [0, 0.1) is 11.3 Å². The maximum atomic E-state index is 9.34. The second kappa shape index (κ2) is 5.80. The van der Waals surface area contributed by atoms with Crippen LogP contribution in [0.15, 0.2) is 30.3 Å². The molecule has 21 heavy (non-hydrogen) atoms. The molecule has 0 bridgehead atoms. The first-order valence-electron chi connectivity index (χ1n) is 7.17. The molecule has 0 radical (unpaired) electrons. The monoisotopic (exact) mass is 279 g/mol. The van der Waals surface area contributed by atoms with Gasteiger partial charge < -0.3 is 10.6 Å². The molecule has 1 aliphatic rings. The summed E-state index contributed by atoms with van der Waals surface area (Å²) in [6.07, 6.45) is 3.53. The van der Waals surface area contributed by atoms with Gasteiger partial charge in [0.05, 0.1) is 5.69 Å². The van der Waals surface area contributed by atoms with Crippen molar-refractivity contribution < 1.29 is 0 Å². The molecule has 5 heteroatoms. The summed E-state index contributed by atoms with van der Waals surface area (Å²) in [6.45, 7) is 1.89. The number of nitrogens with two attached hydrogens (primary N) is 1. The van der Waals surface area contributed by atoms with E-state index in [9.17, 15) is 5.26 Å². The van der Waals surface area contributed by atoms with Crippen LogP contribution in [0.1, 0.15) is 24.8 Å². The number of hydrogen-bond acceptors (Lipinski definition) is 5. The number of benzene rings is 1. The lowest BCUT2D eigenvalue weighted by atomic mass is 10.1. The molecule has 0 unspecified atom stereocenters. The summed E-state index contributed by atoms with van der Waals surface area (Å²) < 4.78 is 0. The Hall–Kier alpha value is -2.61. The van der Waals surface area contributed by atoms with E-state index in [1.54, 1.807) is 0 Å². The van der Waals surface area contributed by atoms with E-state index in [2.05, 4.69) is 20.9 Å². The molecule has 0 atom stereocenters. The fourth-order valence-corrected chi connectivity index (χ4v) is 2.62. The Morgan fingerprint density at radius 2 is 1.76 bits per heavy atom. The number of aromatic nitrogens is 2. The minimum atomic E-state index is 0.256. The molecule has 2 aromatic rings. The summed E-state index contributed by atoms with van der Waals surface area (Å²) in [5.41, 5.74) is 7.83. The minimum Gasteiger partial charge on any atom is -0.382 e. The van der Waals surface area contributed by atoms with Gasteiger partial charge in [0.1, 0.15) is 17.5 Å². The molecule has 0 saturated carbocycles. The van der Waals surface area contributed by atoms with Crippen molar-refractivity contribution in [1.29, 1.82) is 5.26 Å². The summed E-state index contributed by atoms with van der Waals surface area (Å²) in [6, 6.07) is 11.8. The van der Waals surface area contributed by atoms with Gasteiger partial charge in [-0.25, -0.2) is 4.98 Å². The van der Waals surface area contributed by atoms with Gasteiger partial charge in [0, 0.05) is 18.7 Å². The normalized spacial score (nSPS) is 14.7. The first-order valence-corrected chi connectivity index (χ1v) is 7.17. The average molecular weight is 279 g/mol. The van der Waals surface area contributed by atoms with Crippen LogP contribution in [0.3, 0.4) is 0 Å². The predicted molar refractivity (Wildman–Crippen MR) is 82.7 cm³/mol. The summed E-state index contributed by atoms with van der Waals surface area (Å²) in [5.74, 6) is 0.886. The van der Waals surface area contributed by atoms with Crippen molar-refractivity contribution in [2.45, 2.75) is 19.3 Å². The molecule has 2 N–H and O–H groups in total. The van der Waals surface area contributed by atoms with E-state index in [0.717, 1.165) is 31.5 Å². The van der Waals surface area contributed by atoms with Crippen molar-refractivity contribution in [3.05, 3.63) is 35.9 Å². The van der Waals surface area contributed by atoms with E-state index >= 15 is 0 Å². The molecule has 0 amide bonds. The number of rotatable bonds is 2. The van der Waals surface area contributed by atoms with Crippen LogP contribution in [-0.4, -0.2) is 23.1 Å². The molecule has 0 aliphatic carbocycles. The van der Waals surface area contributed by atoms with Gasteiger partial charge in [-0.2, -0.15) is 10.2 Å². The number of nitrogens with zero attached hydrogens (tertiary/aromatic N) is 4. The molecule has 1 fully saturated rings. The van der Waals surface area contributed by atoms with E-state index in [4.69, 9.17) is 5.73 Å². The van der Waals surface area contributed by atoms with Gasteiger partial charge in [-0.15, -0.1) is 0 Å². The molecule has 0 spiro atoms. The summed E-state index contributed by atoms with van der Waals surface area (Å²) in [7, 11) is 0. The van der Waals surface area contributed by atoms with Gasteiger partial charge >= 0.3 is 0 Å². The molecule has 106 valence electrons. The van der Waals surface area contributed by atoms with Gasteiger partial charge in [0.2, 0.25) is 5.95 Å². The van der Waals surface area contributed by atoms with Crippen molar-refractivity contribution in [2.75, 3.05) is 23.7 Å². The van der Waals surface area contributed by atoms with Crippen molar-refractivity contribution in [2.24, 2.45) is 0 Å². The van der Waals surface area contributed by atoms with Gasteiger partial charge in [0.15, 0.2) is 0 Å². The lowest BCUT2D eigenvalue weighted by molar-refractivity contribution is 0.568. The third kappa shape index (κ3) is 2.65. The molecule has 1 saturated heterocycles. The Morgan fingerprint density at radius 1 is 1.05 bits per heavy atom. The van der Waals surface area contributed by atoms with Crippen molar-refractivity contribution in [1.82, 2.24) is 9.97 Å². The maximum Gasteiger partial charge on any atom is 0.227 e. The standard InChI is InChI=1S/C16H17N5/c17-11-13-14(12-7-3-1-4-8-12)19-16(20-15(13)18)21-9-5-2-6-10-21/h1,3-4,7-8H,2,5-6,9-10H2,(H2,18,19,20). The predicted octanol–water partition coefficient (Wildman–Crippen LogP) is 2.59. The summed E-state index contributed by atoms with van der Waals surface area (Å²) >= 11 is 0. The van der Waals surface area contributed by atoms with Gasteiger partial charge in [0.25, 0.3) is 0 Å². The number of anilines is 2. The Kier molecular flexibility index (Phi) is 3.69. The second-order valence-corrected chi connectivity index (χ2v) is 5.16. The molecular weight excluding hydrogens is 262 g/mol. The highest BCUT2D eigenvalue weighted by atomic mass is 15.3. The fraction of sp³-hybridized carbons (Fsp3) is 0.312. The molecule has 1 aromatic heterocycles. The highest BCUT2D eigenvalue weighted by Crippen LogP contribution is 2.27. The number of hydrogen-bond donors (Lipinski definition) is 1. The topological polar surface area (TPSA) is 78.8 Å². The summed E-state index contributed by atoms with van der Waals surface area (Å²) in [5, 5.41) is 9.34. The van der Waals surface area contributed by atoms with Crippen LogP contribution < -0.4 is 10.6 Å². The third-order valence-corrected chi connectivity index (χ3v) is 3.72. The minimum absolute atomic E-state index is 0.256. The van der Waals surface area contributed by atoms with E-state index in [0.29, 0.717) is 17.2 Å². The van der Waals surface area contributed by atoms with E-state index in [1.807, 2.05) is 30.3 Å². The highest BCUT2D eigenvalue weighted by molar-refractivity contribution is 5.73. The Balaban J connectivity index is 2.09. The van der Waals surface area contributed by atoms with E-state index < -0.39 is 0 Å². The summed E-state index contributed by atoms with van der Waals surface area (Å²) in [4.78, 5) is 11.1. The maximum absolute atomic E-state index is 9.34. The second-order valence-electron chi connectivity index (χ2n) is 5.16. The van der Waals surface area contributed by atoms with Crippen molar-refractivity contribution in [3.8, 4) is 17.3 Å². The van der Waals surface area contributed by atoms with Gasteiger partial charge in [-0.3, -0.25) is 0 Å². The number of nitrogen functional groups attached to an aromatic ring is 1. The zero-order chi connectivity index (χ0) is 14.7. The molecular formula is C16H17N5. The number of piperidine rings is 1. The van der Waals surface area contributed by atoms with Crippen LogP contribution in [0.2, 0.25) is 0 Å². The zero-order valence-electron chi connectivity index (χ0n) is 11.8. The Bertz CT molecular complexity index is 669.